The number of carbonyl (C=O) groups is 2. The molecule has 0 aliphatic rings. The maximum absolute atomic E-state index is 11.9. The number of benzene rings is 1. The molecule has 0 aliphatic carbocycles. The van der Waals surface area contributed by atoms with Crippen LogP contribution in [-0.2, 0) is 0 Å². The molecule has 0 radical (unpaired) electrons. The molecule has 1 unspecified atom stereocenters. The number of hydrogen-bond acceptors (Lipinski definition) is 3. The molecule has 0 aliphatic heterocycles. The Balaban J connectivity index is 2.88. The Labute approximate surface area is 112 Å². The number of nitrogens with one attached hydrogen (secondary N) is 1. The summed E-state index contributed by atoms with van der Waals surface area (Å²) in [6.07, 6.45) is 2.07. The first-order valence-electron chi connectivity index (χ1n) is 5.88. The van der Waals surface area contributed by atoms with Crippen LogP contribution in [0.4, 0.5) is 4.79 Å². The van der Waals surface area contributed by atoms with Crippen molar-refractivity contribution in [3.63, 3.8) is 0 Å². The molecular weight excluding hydrogens is 244 g/mol. The van der Waals surface area contributed by atoms with E-state index >= 15 is 0 Å². The van der Waals surface area contributed by atoms with Crippen molar-refractivity contribution in [2.24, 2.45) is 0 Å². The van der Waals surface area contributed by atoms with Crippen LogP contribution < -0.4 is 5.32 Å². The first-order chi connectivity index (χ1) is 8.90. The van der Waals surface area contributed by atoms with Crippen molar-refractivity contribution in [3.8, 4) is 0 Å². The Kier molecular flexibility index (Phi) is 5.11. The molecule has 1 amide bonds. The lowest BCUT2D eigenvalue weighted by atomic mass is 10.0. The molecule has 0 saturated heterocycles. The summed E-state index contributed by atoms with van der Waals surface area (Å²) in [5.41, 5.74) is 1.29. The minimum Gasteiger partial charge on any atom is -0.465 e. The van der Waals surface area contributed by atoms with Crippen LogP contribution in [0.15, 0.2) is 36.5 Å². The second kappa shape index (κ2) is 6.58. The van der Waals surface area contributed by atoms with E-state index in [1.54, 1.807) is 42.3 Å². The molecule has 0 spiro atoms. The van der Waals surface area contributed by atoms with E-state index in [1.165, 1.54) is 6.08 Å². The standard InChI is InChI=1S/C14H18N2O3/c1-10(15-14(18)19)11-5-4-6-12(9-11)13(17)7-8-16(2)3/h4-10,15H,1-3H3,(H,18,19). The van der Waals surface area contributed by atoms with Crippen LogP contribution >= 0.6 is 0 Å². The van der Waals surface area contributed by atoms with Gasteiger partial charge >= 0.3 is 6.09 Å². The van der Waals surface area contributed by atoms with E-state index in [9.17, 15) is 9.59 Å². The Bertz CT molecular complexity index is 495. The minimum atomic E-state index is -1.09. The third-order valence-corrected chi connectivity index (χ3v) is 2.54. The maximum Gasteiger partial charge on any atom is 0.405 e. The number of rotatable bonds is 5. The first kappa shape index (κ1) is 14.8. The fraction of sp³-hybridized carbons (Fsp3) is 0.286. The third kappa shape index (κ3) is 4.83. The number of ketones is 1. The lowest BCUT2D eigenvalue weighted by Crippen LogP contribution is -2.24. The van der Waals surface area contributed by atoms with Crippen LogP contribution in [0.25, 0.3) is 0 Å². The average Bonchev–Trinajstić information content (AvgIpc) is 2.35. The van der Waals surface area contributed by atoms with Gasteiger partial charge in [0, 0.05) is 31.9 Å². The zero-order valence-corrected chi connectivity index (χ0v) is 11.3. The zero-order valence-electron chi connectivity index (χ0n) is 11.3. The molecule has 0 heterocycles. The summed E-state index contributed by atoms with van der Waals surface area (Å²) in [6, 6.07) is 6.57. The van der Waals surface area contributed by atoms with Crippen LogP contribution in [-0.4, -0.2) is 36.0 Å². The summed E-state index contributed by atoms with van der Waals surface area (Å²) in [4.78, 5) is 24.3. The molecule has 5 heteroatoms. The number of hydrogen-bond donors (Lipinski definition) is 2. The predicted molar refractivity (Wildman–Crippen MR) is 73.2 cm³/mol. The smallest absolute Gasteiger partial charge is 0.405 e. The number of carboxylic acid groups (broad SMARTS) is 1. The topological polar surface area (TPSA) is 69.6 Å². The lowest BCUT2D eigenvalue weighted by molar-refractivity contribution is 0.104. The van der Waals surface area contributed by atoms with Gasteiger partial charge in [0.05, 0.1) is 6.04 Å². The summed E-state index contributed by atoms with van der Waals surface area (Å²) < 4.78 is 0. The van der Waals surface area contributed by atoms with Crippen molar-refractivity contribution in [3.05, 3.63) is 47.7 Å². The molecule has 1 aromatic rings. The average molecular weight is 262 g/mol. The molecule has 0 bridgehead atoms. The molecule has 0 fully saturated rings. The normalized spacial score (nSPS) is 12.2. The van der Waals surface area contributed by atoms with Crippen molar-refractivity contribution in [1.29, 1.82) is 0 Å². The minimum absolute atomic E-state index is 0.113. The zero-order chi connectivity index (χ0) is 14.4. The Hall–Kier alpha value is -2.30. The molecule has 1 atom stereocenters. The molecule has 19 heavy (non-hydrogen) atoms. The highest BCUT2D eigenvalue weighted by atomic mass is 16.4. The molecular formula is C14H18N2O3. The van der Waals surface area contributed by atoms with Crippen LogP contribution in [0.2, 0.25) is 0 Å². The molecule has 0 saturated carbocycles. The van der Waals surface area contributed by atoms with Gasteiger partial charge in [-0.05, 0) is 18.6 Å². The van der Waals surface area contributed by atoms with Gasteiger partial charge in [-0.25, -0.2) is 4.79 Å². The highest BCUT2D eigenvalue weighted by molar-refractivity contribution is 6.04. The van der Waals surface area contributed by atoms with Gasteiger partial charge in [-0.15, -0.1) is 0 Å². The fourth-order valence-corrected chi connectivity index (χ4v) is 1.54. The Morgan fingerprint density at radius 1 is 1.37 bits per heavy atom. The monoisotopic (exact) mass is 262 g/mol. The summed E-state index contributed by atoms with van der Waals surface area (Å²) >= 11 is 0. The predicted octanol–water partition coefficient (Wildman–Crippen LogP) is 2.27. The Morgan fingerprint density at radius 2 is 2.05 bits per heavy atom. The molecule has 0 aromatic heterocycles. The van der Waals surface area contributed by atoms with Crippen LogP contribution in [0.1, 0.15) is 28.9 Å². The molecule has 1 rings (SSSR count). The molecule has 5 nitrogen and oxygen atoms in total. The summed E-state index contributed by atoms with van der Waals surface area (Å²) in [6.45, 7) is 1.73. The van der Waals surface area contributed by atoms with Crippen LogP contribution in [0.3, 0.4) is 0 Å². The Morgan fingerprint density at radius 3 is 2.63 bits per heavy atom. The van der Waals surface area contributed by atoms with E-state index < -0.39 is 6.09 Å². The second-order valence-electron chi connectivity index (χ2n) is 4.44. The number of carbonyl (C=O) groups excluding carboxylic acids is 1. The van der Waals surface area contributed by atoms with Gasteiger partial charge in [-0.2, -0.15) is 0 Å². The number of allylic oxidation sites excluding steroid dienone is 1. The third-order valence-electron chi connectivity index (χ3n) is 2.54. The maximum atomic E-state index is 11.9. The quantitative estimate of drug-likeness (QED) is 0.631. The van der Waals surface area contributed by atoms with Gasteiger partial charge in [-0.3, -0.25) is 4.79 Å². The van der Waals surface area contributed by atoms with Crippen molar-refractivity contribution in [1.82, 2.24) is 10.2 Å². The van der Waals surface area contributed by atoms with E-state index in [-0.39, 0.29) is 11.8 Å². The highest BCUT2D eigenvalue weighted by Crippen LogP contribution is 2.14. The van der Waals surface area contributed by atoms with E-state index in [0.717, 1.165) is 5.56 Å². The summed E-state index contributed by atoms with van der Waals surface area (Å²) in [7, 11) is 3.66. The number of nitrogens with zero attached hydrogens (tertiary/aromatic N) is 1. The molecule has 1 aromatic carbocycles. The van der Waals surface area contributed by atoms with Crippen molar-refractivity contribution >= 4 is 11.9 Å². The van der Waals surface area contributed by atoms with Crippen molar-refractivity contribution in [2.45, 2.75) is 13.0 Å². The van der Waals surface area contributed by atoms with E-state index in [0.29, 0.717) is 5.56 Å². The second-order valence-corrected chi connectivity index (χ2v) is 4.44. The van der Waals surface area contributed by atoms with Gasteiger partial charge in [0.2, 0.25) is 0 Å². The van der Waals surface area contributed by atoms with Gasteiger partial charge in [0.15, 0.2) is 5.78 Å². The SMILES string of the molecule is CC(NC(=O)O)c1cccc(C(=O)C=CN(C)C)c1. The summed E-state index contributed by atoms with van der Waals surface area (Å²) in [5.74, 6) is -0.113. The van der Waals surface area contributed by atoms with Crippen molar-refractivity contribution in [2.75, 3.05) is 14.1 Å². The highest BCUT2D eigenvalue weighted by Gasteiger charge is 2.10. The molecule has 102 valence electrons. The van der Waals surface area contributed by atoms with E-state index in [2.05, 4.69) is 5.32 Å². The first-order valence-corrected chi connectivity index (χ1v) is 5.88. The lowest BCUT2D eigenvalue weighted by Gasteiger charge is -2.12. The van der Waals surface area contributed by atoms with Crippen LogP contribution in [0.5, 0.6) is 0 Å². The summed E-state index contributed by atoms with van der Waals surface area (Å²) in [5, 5.41) is 11.0. The fourth-order valence-electron chi connectivity index (χ4n) is 1.54. The van der Waals surface area contributed by atoms with E-state index in [4.69, 9.17) is 5.11 Å². The van der Waals surface area contributed by atoms with Crippen molar-refractivity contribution < 1.29 is 14.7 Å². The van der Waals surface area contributed by atoms with Gasteiger partial charge < -0.3 is 15.3 Å². The van der Waals surface area contributed by atoms with E-state index in [1.807, 2.05) is 14.1 Å². The van der Waals surface area contributed by atoms with Gasteiger partial charge in [-0.1, -0.05) is 18.2 Å². The van der Waals surface area contributed by atoms with Gasteiger partial charge in [0.1, 0.15) is 0 Å². The number of amides is 1. The molecule has 2 N–H and O–H groups in total. The largest absolute Gasteiger partial charge is 0.465 e. The van der Waals surface area contributed by atoms with Crippen LogP contribution in [0, 0.1) is 0 Å². The van der Waals surface area contributed by atoms with Gasteiger partial charge in [0.25, 0.3) is 0 Å².